The third-order valence-corrected chi connectivity index (χ3v) is 8.82. The van der Waals surface area contributed by atoms with Crippen LogP contribution in [0.3, 0.4) is 0 Å². The molecule has 9 nitrogen and oxygen atoms in total. The Bertz CT molecular complexity index is 1270. The van der Waals surface area contributed by atoms with Crippen molar-refractivity contribution in [1.82, 2.24) is 10.2 Å². The zero-order chi connectivity index (χ0) is 29.3. The highest BCUT2D eigenvalue weighted by molar-refractivity contribution is 7.91. The van der Waals surface area contributed by atoms with Crippen molar-refractivity contribution in [2.75, 3.05) is 25.4 Å². The van der Waals surface area contributed by atoms with Gasteiger partial charge < -0.3 is 15.8 Å². The SMILES string of the molecule is CC(C)C[C@H](NC(=O)[C@H](CC(C)CN)C(=O)OCc1ccccc1)C(=O)CN1CCS(=O)(=O)c2ccccc2C1. The maximum absolute atomic E-state index is 13.5. The Kier molecular flexibility index (Phi) is 11.4. The molecule has 0 aliphatic carbocycles. The van der Waals surface area contributed by atoms with E-state index in [2.05, 4.69) is 5.32 Å². The van der Waals surface area contributed by atoms with Gasteiger partial charge in [0.05, 0.1) is 23.2 Å². The van der Waals surface area contributed by atoms with Gasteiger partial charge in [-0.3, -0.25) is 19.3 Å². The van der Waals surface area contributed by atoms with E-state index >= 15 is 0 Å². The second-order valence-electron chi connectivity index (χ2n) is 11.0. The molecule has 218 valence electrons. The molecule has 1 heterocycles. The van der Waals surface area contributed by atoms with Gasteiger partial charge in [0.1, 0.15) is 12.5 Å². The van der Waals surface area contributed by atoms with Crippen LogP contribution in [0.5, 0.6) is 0 Å². The number of ketones is 1. The van der Waals surface area contributed by atoms with Crippen LogP contribution < -0.4 is 11.1 Å². The number of benzene rings is 2. The highest BCUT2D eigenvalue weighted by Crippen LogP contribution is 2.23. The van der Waals surface area contributed by atoms with Crippen LogP contribution in [0.25, 0.3) is 0 Å². The van der Waals surface area contributed by atoms with E-state index in [4.69, 9.17) is 10.5 Å². The molecule has 0 bridgehead atoms. The average Bonchev–Trinajstić information content (AvgIpc) is 3.05. The van der Waals surface area contributed by atoms with Crippen LogP contribution in [0.15, 0.2) is 59.5 Å². The lowest BCUT2D eigenvalue weighted by atomic mass is 9.93. The summed E-state index contributed by atoms with van der Waals surface area (Å²) in [5.41, 5.74) is 7.23. The Morgan fingerprint density at radius 2 is 1.68 bits per heavy atom. The number of nitrogens with zero attached hydrogens (tertiary/aromatic N) is 1. The number of hydrogen-bond acceptors (Lipinski definition) is 8. The van der Waals surface area contributed by atoms with E-state index < -0.39 is 33.7 Å². The Balaban J connectivity index is 1.72. The molecule has 0 saturated heterocycles. The van der Waals surface area contributed by atoms with E-state index in [1.807, 2.05) is 51.1 Å². The van der Waals surface area contributed by atoms with Crippen molar-refractivity contribution in [3.63, 3.8) is 0 Å². The predicted molar refractivity (Wildman–Crippen MR) is 153 cm³/mol. The molecule has 0 saturated carbocycles. The van der Waals surface area contributed by atoms with E-state index in [9.17, 15) is 22.8 Å². The van der Waals surface area contributed by atoms with Gasteiger partial charge >= 0.3 is 5.97 Å². The first-order chi connectivity index (χ1) is 19.0. The summed E-state index contributed by atoms with van der Waals surface area (Å²) in [4.78, 5) is 42.1. The fourth-order valence-corrected chi connectivity index (χ4v) is 6.27. The lowest BCUT2D eigenvalue weighted by Gasteiger charge is -2.26. The number of ether oxygens (including phenoxy) is 1. The van der Waals surface area contributed by atoms with E-state index in [0.29, 0.717) is 30.0 Å². The van der Waals surface area contributed by atoms with E-state index in [-0.39, 0.29) is 49.5 Å². The second kappa shape index (κ2) is 14.5. The number of carbonyl (C=O) groups is 3. The van der Waals surface area contributed by atoms with E-state index in [1.54, 1.807) is 29.2 Å². The summed E-state index contributed by atoms with van der Waals surface area (Å²) in [7, 11) is -3.45. The number of hydrogen-bond donors (Lipinski definition) is 2. The van der Waals surface area contributed by atoms with Crippen LogP contribution in [0, 0.1) is 17.8 Å². The number of fused-ring (bicyclic) bond motifs is 1. The normalized spacial score (nSPS) is 17.2. The number of nitrogens with two attached hydrogens (primary N) is 1. The summed E-state index contributed by atoms with van der Waals surface area (Å²) in [5.74, 6) is -2.69. The summed E-state index contributed by atoms with van der Waals surface area (Å²) in [6, 6.07) is 15.2. The van der Waals surface area contributed by atoms with Crippen LogP contribution in [0.1, 0.15) is 44.7 Å². The monoisotopic (exact) mass is 571 g/mol. The molecule has 3 N–H and O–H groups in total. The Morgan fingerprint density at radius 1 is 1.00 bits per heavy atom. The van der Waals surface area contributed by atoms with Crippen molar-refractivity contribution in [3.05, 3.63) is 65.7 Å². The summed E-state index contributed by atoms with van der Waals surface area (Å²) in [6.45, 7) is 6.57. The summed E-state index contributed by atoms with van der Waals surface area (Å²) in [6.07, 6.45) is 0.574. The van der Waals surface area contributed by atoms with Crippen LogP contribution in [-0.4, -0.2) is 62.4 Å². The molecule has 1 aliphatic heterocycles. The van der Waals surface area contributed by atoms with Gasteiger partial charge in [-0.05, 0) is 48.4 Å². The number of esters is 1. The smallest absolute Gasteiger partial charge is 0.318 e. The summed E-state index contributed by atoms with van der Waals surface area (Å²) >= 11 is 0. The van der Waals surface area contributed by atoms with Crippen molar-refractivity contribution in [2.24, 2.45) is 23.5 Å². The molecule has 40 heavy (non-hydrogen) atoms. The first-order valence-corrected chi connectivity index (χ1v) is 15.4. The fraction of sp³-hybridized carbons (Fsp3) is 0.500. The van der Waals surface area contributed by atoms with Gasteiger partial charge in [0.25, 0.3) is 0 Å². The number of nitrogens with one attached hydrogen (secondary N) is 1. The molecule has 1 aliphatic rings. The molecule has 2 aromatic rings. The van der Waals surface area contributed by atoms with Gasteiger partial charge in [-0.1, -0.05) is 69.3 Å². The highest BCUT2D eigenvalue weighted by atomic mass is 32.2. The summed E-state index contributed by atoms with van der Waals surface area (Å²) < 4.78 is 30.9. The van der Waals surface area contributed by atoms with Crippen LogP contribution in [-0.2, 0) is 42.1 Å². The number of sulfone groups is 1. The van der Waals surface area contributed by atoms with Crippen molar-refractivity contribution in [1.29, 1.82) is 0 Å². The van der Waals surface area contributed by atoms with Gasteiger partial charge in [0.2, 0.25) is 5.91 Å². The quantitative estimate of drug-likeness (QED) is 0.277. The summed E-state index contributed by atoms with van der Waals surface area (Å²) in [5, 5.41) is 2.82. The van der Waals surface area contributed by atoms with Gasteiger partial charge in [0.15, 0.2) is 15.6 Å². The number of rotatable bonds is 13. The highest BCUT2D eigenvalue weighted by Gasteiger charge is 2.34. The largest absolute Gasteiger partial charge is 0.460 e. The number of carbonyl (C=O) groups excluding carboxylic acids is 3. The number of Topliss-reactive ketones (excluding diaryl/α,β-unsaturated/α-hetero) is 1. The molecule has 3 rings (SSSR count). The zero-order valence-electron chi connectivity index (χ0n) is 23.5. The first kappa shape index (κ1) is 31.4. The second-order valence-corrected chi connectivity index (χ2v) is 13.1. The standard InChI is InChI=1S/C30H41N3O6S/c1-21(2)15-26(27(34)19-33-13-14-40(37,38)28-12-8-7-11-24(28)18-33)32-29(35)25(16-22(3)17-31)30(36)39-20-23-9-5-4-6-10-23/h4-12,21-22,25-26H,13-20,31H2,1-3H3,(H,32,35)/t22?,25-,26-/m0/s1. The molecule has 0 radical (unpaired) electrons. The van der Waals surface area contributed by atoms with Crippen LogP contribution in [0.2, 0.25) is 0 Å². The van der Waals surface area contributed by atoms with Crippen molar-refractivity contribution < 1.29 is 27.5 Å². The van der Waals surface area contributed by atoms with Gasteiger partial charge in [-0.25, -0.2) is 8.42 Å². The maximum Gasteiger partial charge on any atom is 0.318 e. The minimum atomic E-state index is -3.45. The number of amides is 1. The van der Waals surface area contributed by atoms with Gasteiger partial charge in [-0.2, -0.15) is 0 Å². The molecule has 2 aromatic carbocycles. The van der Waals surface area contributed by atoms with Gasteiger partial charge in [0, 0.05) is 13.1 Å². The molecule has 0 fully saturated rings. The van der Waals surface area contributed by atoms with Crippen molar-refractivity contribution >= 4 is 27.5 Å². The van der Waals surface area contributed by atoms with Crippen molar-refractivity contribution in [3.8, 4) is 0 Å². The molecule has 10 heteroatoms. The Labute approximate surface area is 237 Å². The third kappa shape index (κ3) is 8.97. The van der Waals surface area contributed by atoms with E-state index in [0.717, 1.165) is 5.56 Å². The molecule has 0 aromatic heterocycles. The minimum Gasteiger partial charge on any atom is -0.460 e. The molecule has 1 amide bonds. The fourth-order valence-electron chi connectivity index (χ4n) is 4.74. The predicted octanol–water partition coefficient (Wildman–Crippen LogP) is 2.72. The van der Waals surface area contributed by atoms with Crippen molar-refractivity contribution in [2.45, 2.75) is 57.7 Å². The molecular formula is C30H41N3O6S. The van der Waals surface area contributed by atoms with E-state index in [1.165, 1.54) is 0 Å². The minimum absolute atomic E-state index is 0.0240. The first-order valence-electron chi connectivity index (χ1n) is 13.8. The Hall–Kier alpha value is -3.08. The average molecular weight is 572 g/mol. The maximum atomic E-state index is 13.5. The van der Waals surface area contributed by atoms with Crippen LogP contribution in [0.4, 0.5) is 0 Å². The molecule has 3 atom stereocenters. The topological polar surface area (TPSA) is 136 Å². The Morgan fingerprint density at radius 3 is 2.35 bits per heavy atom. The molecular weight excluding hydrogens is 530 g/mol. The molecule has 1 unspecified atom stereocenters. The third-order valence-electron chi connectivity index (χ3n) is 7.03. The zero-order valence-corrected chi connectivity index (χ0v) is 24.4. The van der Waals surface area contributed by atoms with Gasteiger partial charge in [-0.15, -0.1) is 0 Å². The lowest BCUT2D eigenvalue weighted by molar-refractivity contribution is -0.155. The molecule has 0 spiro atoms. The van der Waals surface area contributed by atoms with Crippen LogP contribution >= 0.6 is 0 Å². The lowest BCUT2D eigenvalue weighted by Crippen LogP contribution is -2.49.